The monoisotopic (exact) mass is 329 g/mol. The van der Waals surface area contributed by atoms with Gasteiger partial charge in [0.05, 0.1) is 5.92 Å². The second-order valence-corrected chi connectivity index (χ2v) is 6.29. The van der Waals surface area contributed by atoms with Gasteiger partial charge in [-0.25, -0.2) is 0 Å². The van der Waals surface area contributed by atoms with Crippen LogP contribution in [0.4, 0.5) is 0 Å². The number of hydrogen-bond donors (Lipinski definition) is 1. The van der Waals surface area contributed by atoms with Gasteiger partial charge in [-0.15, -0.1) is 0 Å². The third kappa shape index (κ3) is 5.49. The number of esters is 3. The number of nitrogens with two attached hydrogens (primary N) is 1. The standard InChI is InChI=1S/C16H27NO6/c1-10(2)14(19)21-12(4)22-15(20)13(17)16(23-11(3)18)8-6-5-7-9-16/h10,12-13H,5-9,17H2,1-4H3. The molecular formula is C16H27NO6. The van der Waals surface area contributed by atoms with E-state index in [0.717, 1.165) is 19.3 Å². The van der Waals surface area contributed by atoms with Gasteiger partial charge in [0.1, 0.15) is 11.6 Å². The van der Waals surface area contributed by atoms with E-state index in [1.54, 1.807) is 13.8 Å². The van der Waals surface area contributed by atoms with Crippen LogP contribution >= 0.6 is 0 Å². The summed E-state index contributed by atoms with van der Waals surface area (Å²) in [4.78, 5) is 35.1. The predicted octanol–water partition coefficient (Wildman–Crippen LogP) is 1.67. The second kappa shape index (κ2) is 8.29. The van der Waals surface area contributed by atoms with Crippen LogP contribution in [0.15, 0.2) is 0 Å². The van der Waals surface area contributed by atoms with Crippen LogP contribution in [0.1, 0.15) is 59.8 Å². The molecule has 2 N–H and O–H groups in total. The van der Waals surface area contributed by atoms with Gasteiger partial charge in [-0.3, -0.25) is 14.4 Å². The average Bonchev–Trinajstić information content (AvgIpc) is 2.46. The van der Waals surface area contributed by atoms with E-state index in [4.69, 9.17) is 19.9 Å². The summed E-state index contributed by atoms with van der Waals surface area (Å²) in [7, 11) is 0. The van der Waals surface area contributed by atoms with Crippen LogP contribution in [-0.2, 0) is 28.6 Å². The Balaban J connectivity index is 2.71. The minimum atomic E-state index is -1.10. The van der Waals surface area contributed by atoms with Crippen molar-refractivity contribution < 1.29 is 28.6 Å². The number of ether oxygens (including phenoxy) is 3. The van der Waals surface area contributed by atoms with Crippen LogP contribution in [0, 0.1) is 5.92 Å². The Hall–Kier alpha value is -1.63. The highest BCUT2D eigenvalue weighted by atomic mass is 16.7. The predicted molar refractivity (Wildman–Crippen MR) is 82.0 cm³/mol. The third-order valence-electron chi connectivity index (χ3n) is 3.90. The van der Waals surface area contributed by atoms with Crippen molar-refractivity contribution in [3.8, 4) is 0 Å². The van der Waals surface area contributed by atoms with Gasteiger partial charge in [-0.2, -0.15) is 0 Å². The van der Waals surface area contributed by atoms with Crippen LogP contribution in [0.2, 0.25) is 0 Å². The van der Waals surface area contributed by atoms with Crippen molar-refractivity contribution in [3.63, 3.8) is 0 Å². The highest BCUT2D eigenvalue weighted by Crippen LogP contribution is 2.34. The van der Waals surface area contributed by atoms with Crippen molar-refractivity contribution in [2.45, 2.75) is 77.7 Å². The maximum atomic E-state index is 12.3. The fourth-order valence-corrected chi connectivity index (χ4v) is 2.69. The Morgan fingerprint density at radius 2 is 1.48 bits per heavy atom. The van der Waals surface area contributed by atoms with Crippen LogP contribution in [-0.4, -0.2) is 35.8 Å². The van der Waals surface area contributed by atoms with Gasteiger partial charge < -0.3 is 19.9 Å². The zero-order valence-electron chi connectivity index (χ0n) is 14.3. The molecule has 0 radical (unpaired) electrons. The van der Waals surface area contributed by atoms with Crippen molar-refractivity contribution in [1.82, 2.24) is 0 Å². The summed E-state index contributed by atoms with van der Waals surface area (Å²) < 4.78 is 15.5. The SMILES string of the molecule is CC(=O)OC1(C(N)C(=O)OC(C)OC(=O)C(C)C)CCCCC1. The van der Waals surface area contributed by atoms with E-state index >= 15 is 0 Å². The summed E-state index contributed by atoms with van der Waals surface area (Å²) in [5, 5.41) is 0. The zero-order chi connectivity index (χ0) is 17.6. The normalized spacial score (nSPS) is 19.6. The molecule has 1 aliphatic carbocycles. The summed E-state index contributed by atoms with van der Waals surface area (Å²) in [6, 6.07) is -1.10. The Morgan fingerprint density at radius 1 is 0.957 bits per heavy atom. The number of carbonyl (C=O) groups excluding carboxylic acids is 3. The lowest BCUT2D eigenvalue weighted by Gasteiger charge is -2.39. The van der Waals surface area contributed by atoms with E-state index in [1.165, 1.54) is 13.8 Å². The van der Waals surface area contributed by atoms with Crippen molar-refractivity contribution in [2.24, 2.45) is 11.7 Å². The van der Waals surface area contributed by atoms with Crippen molar-refractivity contribution in [1.29, 1.82) is 0 Å². The fourth-order valence-electron chi connectivity index (χ4n) is 2.69. The van der Waals surface area contributed by atoms with Crippen LogP contribution in [0.25, 0.3) is 0 Å². The Morgan fingerprint density at radius 3 is 1.96 bits per heavy atom. The molecule has 0 aromatic heterocycles. The average molecular weight is 329 g/mol. The summed E-state index contributed by atoms with van der Waals surface area (Å²) in [5.41, 5.74) is 4.98. The van der Waals surface area contributed by atoms with Crippen LogP contribution in [0.3, 0.4) is 0 Å². The first-order valence-electron chi connectivity index (χ1n) is 8.04. The van der Waals surface area contributed by atoms with Crippen molar-refractivity contribution >= 4 is 17.9 Å². The molecule has 0 aromatic rings. The summed E-state index contributed by atoms with van der Waals surface area (Å²) in [6.07, 6.45) is 2.65. The lowest BCUT2D eigenvalue weighted by molar-refractivity contribution is -0.194. The van der Waals surface area contributed by atoms with Gasteiger partial charge in [-0.1, -0.05) is 20.3 Å². The molecule has 2 unspecified atom stereocenters. The molecule has 0 aromatic carbocycles. The van der Waals surface area contributed by atoms with E-state index < -0.39 is 35.8 Å². The van der Waals surface area contributed by atoms with Gasteiger partial charge in [0.2, 0.25) is 6.29 Å². The summed E-state index contributed by atoms with van der Waals surface area (Å²) in [5.74, 6) is -2.01. The van der Waals surface area contributed by atoms with Crippen molar-refractivity contribution in [2.75, 3.05) is 0 Å². The Labute approximate surface area is 136 Å². The maximum Gasteiger partial charge on any atom is 0.330 e. The lowest BCUT2D eigenvalue weighted by atomic mass is 9.79. The molecule has 1 saturated carbocycles. The van der Waals surface area contributed by atoms with Gasteiger partial charge in [0.25, 0.3) is 0 Å². The molecule has 0 aliphatic heterocycles. The molecule has 0 amide bonds. The molecular weight excluding hydrogens is 302 g/mol. The van der Waals surface area contributed by atoms with Gasteiger partial charge in [0.15, 0.2) is 0 Å². The molecule has 23 heavy (non-hydrogen) atoms. The van der Waals surface area contributed by atoms with E-state index in [0.29, 0.717) is 12.8 Å². The summed E-state index contributed by atoms with van der Waals surface area (Å²) in [6.45, 7) is 6.10. The largest absolute Gasteiger partial charge is 0.457 e. The number of rotatable bonds is 6. The van der Waals surface area contributed by atoms with Crippen LogP contribution < -0.4 is 5.73 Å². The topological polar surface area (TPSA) is 105 Å². The molecule has 0 bridgehead atoms. The quantitative estimate of drug-likeness (QED) is 0.583. The molecule has 1 fully saturated rings. The van der Waals surface area contributed by atoms with Gasteiger partial charge in [0, 0.05) is 13.8 Å². The summed E-state index contributed by atoms with van der Waals surface area (Å²) >= 11 is 0. The number of hydrogen-bond acceptors (Lipinski definition) is 7. The highest BCUT2D eigenvalue weighted by Gasteiger charge is 2.46. The van der Waals surface area contributed by atoms with E-state index in [9.17, 15) is 14.4 Å². The molecule has 1 rings (SSSR count). The smallest absolute Gasteiger partial charge is 0.330 e. The minimum absolute atomic E-state index is 0.324. The molecule has 0 spiro atoms. The Kier molecular flexibility index (Phi) is 7.00. The van der Waals surface area contributed by atoms with E-state index in [-0.39, 0.29) is 5.92 Å². The molecule has 132 valence electrons. The van der Waals surface area contributed by atoms with E-state index in [1.807, 2.05) is 0 Å². The first-order chi connectivity index (χ1) is 10.7. The first-order valence-corrected chi connectivity index (χ1v) is 8.04. The van der Waals surface area contributed by atoms with Gasteiger partial charge in [-0.05, 0) is 25.7 Å². The number of carbonyl (C=O) groups is 3. The maximum absolute atomic E-state index is 12.3. The van der Waals surface area contributed by atoms with Gasteiger partial charge >= 0.3 is 17.9 Å². The second-order valence-electron chi connectivity index (χ2n) is 6.29. The van der Waals surface area contributed by atoms with Crippen molar-refractivity contribution in [3.05, 3.63) is 0 Å². The molecule has 2 atom stereocenters. The highest BCUT2D eigenvalue weighted by molar-refractivity contribution is 5.78. The third-order valence-corrected chi connectivity index (χ3v) is 3.90. The zero-order valence-corrected chi connectivity index (χ0v) is 14.3. The Bertz CT molecular complexity index is 442. The molecule has 1 aliphatic rings. The first kappa shape index (κ1) is 19.4. The fraction of sp³-hybridized carbons (Fsp3) is 0.812. The lowest BCUT2D eigenvalue weighted by Crippen LogP contribution is -2.57. The molecule has 0 saturated heterocycles. The van der Waals surface area contributed by atoms with E-state index in [2.05, 4.69) is 0 Å². The van der Waals surface area contributed by atoms with Crippen LogP contribution in [0.5, 0.6) is 0 Å². The molecule has 7 heteroatoms. The molecule has 7 nitrogen and oxygen atoms in total. The minimum Gasteiger partial charge on any atom is -0.457 e. The molecule has 0 heterocycles.